The van der Waals surface area contributed by atoms with Crippen molar-refractivity contribution in [3.8, 4) is 45.6 Å². The van der Waals surface area contributed by atoms with E-state index in [9.17, 15) is 26.6 Å². The van der Waals surface area contributed by atoms with E-state index in [1.165, 1.54) is 24.3 Å². The molecule has 9 rings (SSSR count). The molecule has 245 valence electrons. The van der Waals surface area contributed by atoms with Gasteiger partial charge in [-0.2, -0.15) is 8.42 Å². The first-order valence-electron chi connectivity index (χ1n) is 14.2. The summed E-state index contributed by atoms with van der Waals surface area (Å²) in [6.07, 6.45) is 0. The van der Waals surface area contributed by atoms with Crippen LogP contribution < -0.4 is 9.97 Å². The zero-order valence-corrected chi connectivity index (χ0v) is 27.0. The molecule has 0 fully saturated rings. The molecule has 17 heteroatoms. The van der Waals surface area contributed by atoms with Gasteiger partial charge >= 0.3 is 17.1 Å². The summed E-state index contributed by atoms with van der Waals surface area (Å²) >= 11 is 0. The van der Waals surface area contributed by atoms with Gasteiger partial charge in [-0.05, 0) is 28.3 Å². The molecule has 0 saturated heterocycles. The van der Waals surface area contributed by atoms with Gasteiger partial charge in [0.15, 0.2) is 0 Å². The molecule has 49 heavy (non-hydrogen) atoms. The minimum absolute atomic E-state index is 0. The van der Waals surface area contributed by atoms with Crippen molar-refractivity contribution >= 4 is 65.1 Å². The SMILES string of the molecule is O=S(=O)(O)c1cccc2c3nc4nc(nc5[n-]c(nc6nc(nc([n-]3)c12)-c1cccc(S(O)(O)O)c1-6)c1ccccc51)-c1ccccc1-4.[Cu+2]. The van der Waals surface area contributed by atoms with Gasteiger partial charge in [-0.1, -0.05) is 72.8 Å². The number of hydrogen-bond donors (Lipinski definition) is 4. The number of benzene rings is 4. The topological polar surface area (TPSA) is 221 Å². The Morgan fingerprint density at radius 3 is 1.55 bits per heavy atom. The van der Waals surface area contributed by atoms with Crippen LogP contribution in [0.1, 0.15) is 0 Å². The molecule has 0 saturated carbocycles. The van der Waals surface area contributed by atoms with Crippen LogP contribution in [-0.2, 0) is 27.2 Å². The molecule has 14 nitrogen and oxygen atoms in total. The molecular weight excluding hydrogens is 720 g/mol. The van der Waals surface area contributed by atoms with Crippen LogP contribution in [0.3, 0.4) is 0 Å². The summed E-state index contributed by atoms with van der Waals surface area (Å²) in [5.74, 6) is 0.501. The smallest absolute Gasteiger partial charge is 0.357 e. The van der Waals surface area contributed by atoms with Crippen LogP contribution in [0.15, 0.2) is 94.7 Å². The van der Waals surface area contributed by atoms with Crippen LogP contribution in [0.5, 0.6) is 0 Å². The molecular formula is C32H18CuN8O6S2. The summed E-state index contributed by atoms with van der Waals surface area (Å²) in [6, 6.07) is 23.3. The summed E-state index contributed by atoms with van der Waals surface area (Å²) in [5.41, 5.74) is 2.12. The second-order valence-corrected chi connectivity index (χ2v) is 13.8. The molecule has 1 radical (unpaired) electrons. The number of aromatic nitrogens is 8. The van der Waals surface area contributed by atoms with Crippen molar-refractivity contribution in [2.24, 2.45) is 0 Å². The van der Waals surface area contributed by atoms with Crippen LogP contribution >= 0.6 is 10.9 Å². The summed E-state index contributed by atoms with van der Waals surface area (Å²) in [7, 11) is -9.04. The van der Waals surface area contributed by atoms with E-state index in [4.69, 9.17) is 24.9 Å². The third-order valence-corrected chi connectivity index (χ3v) is 9.89. The Hall–Kier alpha value is -5.10. The maximum absolute atomic E-state index is 12.6. The van der Waals surface area contributed by atoms with Gasteiger partial charge in [-0.15, -0.1) is 0 Å². The van der Waals surface area contributed by atoms with Gasteiger partial charge < -0.3 is 43.6 Å². The summed E-state index contributed by atoms with van der Waals surface area (Å²) in [4.78, 5) is 36.9. The van der Waals surface area contributed by atoms with E-state index < -0.39 is 25.9 Å². The van der Waals surface area contributed by atoms with Crippen molar-refractivity contribution in [2.45, 2.75) is 9.79 Å². The van der Waals surface area contributed by atoms with Crippen molar-refractivity contribution in [2.75, 3.05) is 0 Å². The Kier molecular flexibility index (Phi) is 6.97. The zero-order chi connectivity index (χ0) is 32.9. The van der Waals surface area contributed by atoms with E-state index in [-0.39, 0.29) is 78.3 Å². The molecule has 2 aliphatic rings. The van der Waals surface area contributed by atoms with Gasteiger partial charge in [0.05, 0.1) is 28.2 Å². The van der Waals surface area contributed by atoms with Crippen molar-refractivity contribution in [3.63, 3.8) is 0 Å². The predicted octanol–water partition coefficient (Wildman–Crippen LogP) is 5.95. The molecule has 3 aromatic heterocycles. The first-order valence-corrected chi connectivity index (χ1v) is 17.1. The fourth-order valence-electron chi connectivity index (χ4n) is 6.03. The van der Waals surface area contributed by atoms with Gasteiger partial charge in [-0.3, -0.25) is 4.55 Å². The van der Waals surface area contributed by atoms with Gasteiger partial charge in [0.2, 0.25) is 0 Å². The van der Waals surface area contributed by atoms with E-state index in [0.717, 1.165) is 0 Å². The third kappa shape index (κ3) is 4.91. The predicted molar refractivity (Wildman–Crippen MR) is 178 cm³/mol. The van der Waals surface area contributed by atoms with Gasteiger partial charge in [0, 0.05) is 50.2 Å². The van der Waals surface area contributed by atoms with Crippen molar-refractivity contribution in [1.29, 1.82) is 0 Å². The monoisotopic (exact) mass is 737 g/mol. The largest absolute Gasteiger partial charge is 2.00 e. The zero-order valence-electron chi connectivity index (χ0n) is 24.4. The van der Waals surface area contributed by atoms with Crippen molar-refractivity contribution < 1.29 is 43.7 Å². The molecule has 0 aliphatic carbocycles. The maximum Gasteiger partial charge on any atom is 2.00 e. The van der Waals surface area contributed by atoms with E-state index in [2.05, 4.69) is 15.0 Å². The van der Waals surface area contributed by atoms with Crippen molar-refractivity contribution in [3.05, 3.63) is 84.9 Å². The first kappa shape index (κ1) is 31.2. The molecule has 7 aromatic rings. The summed E-state index contributed by atoms with van der Waals surface area (Å²) < 4.78 is 66.6. The van der Waals surface area contributed by atoms with E-state index in [1.54, 1.807) is 18.2 Å². The molecule has 5 heterocycles. The second-order valence-electron chi connectivity index (χ2n) is 10.9. The van der Waals surface area contributed by atoms with E-state index in [1.807, 2.05) is 42.5 Å². The Morgan fingerprint density at radius 2 is 0.918 bits per heavy atom. The molecule has 2 aliphatic heterocycles. The number of hydrogen-bond acceptors (Lipinski definition) is 11. The average Bonchev–Trinajstić information content (AvgIpc) is 3.79. The number of nitrogens with zero attached hydrogens (tertiary/aromatic N) is 8. The van der Waals surface area contributed by atoms with Gasteiger partial charge in [-0.25, -0.2) is 9.97 Å². The minimum atomic E-state index is -4.76. The Balaban J connectivity index is 0.00000348. The number of fused-ring (bicyclic) bond motifs is 20. The standard InChI is InChI=1S/C32H18N8O6S2.Cu/c41-47(42,43)21-13-5-11-19-23(21)32-38-29(19)36-27-16-8-2-1-7-15(16)25(34-27)33-26-17-9-3-4-10-18(17)28(35-26)37-31-24-20(30(39-31)40-32)12-6-14-22(24)48(44,45)46;/h1-14H,(H4-2,33,34,35,36,37,38,39,40,41,42,43,44,45,46);/q-2;+2. The van der Waals surface area contributed by atoms with Gasteiger partial charge in [0.1, 0.15) is 15.8 Å². The van der Waals surface area contributed by atoms with Crippen LogP contribution in [0.2, 0.25) is 0 Å². The fraction of sp³-hybridized carbons (Fsp3) is 0. The summed E-state index contributed by atoms with van der Waals surface area (Å²) in [6.45, 7) is 0. The second kappa shape index (κ2) is 11.0. The van der Waals surface area contributed by atoms with Gasteiger partial charge in [0.25, 0.3) is 10.1 Å². The van der Waals surface area contributed by atoms with Crippen molar-refractivity contribution in [1.82, 2.24) is 39.9 Å². The maximum atomic E-state index is 12.6. The molecule has 8 bridgehead atoms. The third-order valence-electron chi connectivity index (χ3n) is 8.07. The number of rotatable bonds is 2. The molecule has 4 aromatic carbocycles. The van der Waals surface area contributed by atoms with Crippen LogP contribution in [-0.4, -0.2) is 56.5 Å². The average molecular weight is 738 g/mol. The molecule has 0 unspecified atom stereocenters. The molecule has 4 N–H and O–H groups in total. The van der Waals surface area contributed by atoms with E-state index in [0.29, 0.717) is 33.4 Å². The Labute approximate surface area is 287 Å². The van der Waals surface area contributed by atoms with Crippen LogP contribution in [0.25, 0.3) is 89.7 Å². The van der Waals surface area contributed by atoms with Crippen LogP contribution in [0, 0.1) is 0 Å². The summed E-state index contributed by atoms with van der Waals surface area (Å²) in [5, 5.41) is 1.53. The molecule has 0 spiro atoms. The quantitative estimate of drug-likeness (QED) is 0.119. The molecule has 0 atom stereocenters. The fourth-order valence-corrected chi connectivity index (χ4v) is 7.48. The first-order chi connectivity index (χ1) is 23.0. The Morgan fingerprint density at radius 1 is 0.469 bits per heavy atom. The van der Waals surface area contributed by atoms with Crippen LogP contribution in [0.4, 0.5) is 0 Å². The molecule has 0 amide bonds. The van der Waals surface area contributed by atoms with E-state index >= 15 is 0 Å². The Bertz CT molecular complexity index is 2840. The minimum Gasteiger partial charge on any atom is -0.357 e. The normalized spacial score (nSPS) is 12.8.